The first kappa shape index (κ1) is 17.7. The summed E-state index contributed by atoms with van der Waals surface area (Å²) >= 11 is 0. The van der Waals surface area contributed by atoms with E-state index < -0.39 is 5.54 Å². The molecule has 0 atom stereocenters. The highest BCUT2D eigenvalue weighted by molar-refractivity contribution is 6.00. The summed E-state index contributed by atoms with van der Waals surface area (Å²) in [7, 11) is 0. The molecule has 6 nitrogen and oxygen atoms in total. The summed E-state index contributed by atoms with van der Waals surface area (Å²) in [6.07, 6.45) is 1.46. The van der Waals surface area contributed by atoms with E-state index in [4.69, 9.17) is 0 Å². The van der Waals surface area contributed by atoms with E-state index in [1.807, 2.05) is 26.8 Å². The van der Waals surface area contributed by atoms with Crippen molar-refractivity contribution in [3.63, 3.8) is 0 Å². The summed E-state index contributed by atoms with van der Waals surface area (Å²) in [6, 6.07) is 8.86. The molecule has 0 radical (unpaired) electrons. The Morgan fingerprint density at radius 2 is 1.67 bits per heavy atom. The lowest BCUT2D eigenvalue weighted by atomic mass is 10.1. The third kappa shape index (κ3) is 4.22. The first-order valence-electron chi connectivity index (χ1n) is 7.87. The second-order valence-corrected chi connectivity index (χ2v) is 6.75. The van der Waals surface area contributed by atoms with Gasteiger partial charge < -0.3 is 15.1 Å². The summed E-state index contributed by atoms with van der Waals surface area (Å²) in [5.74, 6) is -0.791. The van der Waals surface area contributed by atoms with E-state index in [0.29, 0.717) is 12.1 Å². The molecule has 0 spiro atoms. The zero-order valence-electron chi connectivity index (χ0n) is 14.5. The number of benzene rings is 1. The summed E-state index contributed by atoms with van der Waals surface area (Å²) in [5, 5.41) is 2.83. The maximum Gasteiger partial charge on any atom is 0.269 e. The standard InChI is InChI=1S/C18H23N3O3/c1-13(22)21-11-10-20(17(24)14-8-6-5-7-9-14)12-15(21)16(23)19-18(2,3)4/h5-9,12H,10-11H2,1-4H3,(H,19,23). The van der Waals surface area contributed by atoms with Crippen molar-refractivity contribution in [1.82, 2.24) is 15.1 Å². The average Bonchev–Trinajstić information content (AvgIpc) is 2.52. The molecule has 0 aliphatic carbocycles. The zero-order chi connectivity index (χ0) is 17.9. The van der Waals surface area contributed by atoms with Gasteiger partial charge in [0, 0.05) is 37.3 Å². The predicted octanol–water partition coefficient (Wildman–Crippen LogP) is 1.75. The van der Waals surface area contributed by atoms with Crippen molar-refractivity contribution in [3.8, 4) is 0 Å². The maximum absolute atomic E-state index is 12.6. The first-order valence-corrected chi connectivity index (χ1v) is 7.87. The number of hydrogen-bond acceptors (Lipinski definition) is 3. The number of nitrogens with one attached hydrogen (secondary N) is 1. The van der Waals surface area contributed by atoms with Crippen LogP contribution in [0.15, 0.2) is 42.2 Å². The molecule has 0 aromatic heterocycles. The van der Waals surface area contributed by atoms with Crippen molar-refractivity contribution in [2.75, 3.05) is 13.1 Å². The molecule has 1 aromatic rings. The van der Waals surface area contributed by atoms with Crippen molar-refractivity contribution in [2.24, 2.45) is 0 Å². The Balaban J connectivity index is 2.31. The second-order valence-electron chi connectivity index (χ2n) is 6.75. The van der Waals surface area contributed by atoms with E-state index in [1.54, 1.807) is 24.3 Å². The largest absolute Gasteiger partial charge is 0.346 e. The van der Waals surface area contributed by atoms with Crippen LogP contribution in [0, 0.1) is 0 Å². The molecule has 0 bridgehead atoms. The van der Waals surface area contributed by atoms with Gasteiger partial charge in [0.15, 0.2) is 0 Å². The molecule has 3 amide bonds. The topological polar surface area (TPSA) is 69.7 Å². The highest BCUT2D eigenvalue weighted by Gasteiger charge is 2.30. The van der Waals surface area contributed by atoms with Crippen molar-refractivity contribution < 1.29 is 14.4 Å². The highest BCUT2D eigenvalue weighted by Crippen LogP contribution is 2.17. The molecule has 128 valence electrons. The van der Waals surface area contributed by atoms with E-state index in [2.05, 4.69) is 5.32 Å². The van der Waals surface area contributed by atoms with Crippen molar-refractivity contribution in [1.29, 1.82) is 0 Å². The minimum atomic E-state index is -0.438. The van der Waals surface area contributed by atoms with Crippen LogP contribution in [0.3, 0.4) is 0 Å². The lowest BCUT2D eigenvalue weighted by Crippen LogP contribution is -2.50. The van der Waals surface area contributed by atoms with Crippen molar-refractivity contribution in [3.05, 3.63) is 47.8 Å². The monoisotopic (exact) mass is 329 g/mol. The molecule has 1 N–H and O–H groups in total. The molecule has 1 aromatic carbocycles. The third-order valence-corrected chi connectivity index (χ3v) is 3.52. The normalized spacial score (nSPS) is 14.9. The third-order valence-electron chi connectivity index (χ3n) is 3.52. The molecule has 2 rings (SSSR count). The van der Waals surface area contributed by atoms with Gasteiger partial charge in [-0.2, -0.15) is 0 Å². The molecule has 24 heavy (non-hydrogen) atoms. The molecule has 0 fully saturated rings. The quantitative estimate of drug-likeness (QED) is 0.898. The Morgan fingerprint density at radius 1 is 1.04 bits per heavy atom. The zero-order valence-corrected chi connectivity index (χ0v) is 14.5. The summed E-state index contributed by atoms with van der Waals surface area (Å²) in [5.41, 5.74) is 0.292. The fraction of sp³-hybridized carbons (Fsp3) is 0.389. The van der Waals surface area contributed by atoms with E-state index in [9.17, 15) is 14.4 Å². The van der Waals surface area contributed by atoms with Crippen LogP contribution < -0.4 is 5.32 Å². The lowest BCUT2D eigenvalue weighted by Gasteiger charge is -2.34. The Bertz CT molecular complexity index is 674. The van der Waals surface area contributed by atoms with Crippen LogP contribution in [0.5, 0.6) is 0 Å². The van der Waals surface area contributed by atoms with Gasteiger partial charge in [0.2, 0.25) is 5.91 Å². The van der Waals surface area contributed by atoms with Crippen LogP contribution >= 0.6 is 0 Å². The van der Waals surface area contributed by atoms with E-state index in [-0.39, 0.29) is 30.0 Å². The van der Waals surface area contributed by atoms with Gasteiger partial charge in [-0.05, 0) is 32.9 Å². The van der Waals surface area contributed by atoms with Gasteiger partial charge in [-0.15, -0.1) is 0 Å². The number of carbonyl (C=O) groups excluding carboxylic acids is 3. The molecule has 1 aliphatic heterocycles. The van der Waals surface area contributed by atoms with Crippen LogP contribution in [-0.2, 0) is 9.59 Å². The van der Waals surface area contributed by atoms with Crippen molar-refractivity contribution >= 4 is 17.7 Å². The van der Waals surface area contributed by atoms with Crippen LogP contribution in [-0.4, -0.2) is 46.1 Å². The minimum Gasteiger partial charge on any atom is -0.346 e. The molecular weight excluding hydrogens is 306 g/mol. The fourth-order valence-corrected chi connectivity index (χ4v) is 2.43. The first-order chi connectivity index (χ1) is 11.2. The Morgan fingerprint density at radius 3 is 2.21 bits per heavy atom. The van der Waals surface area contributed by atoms with Gasteiger partial charge in [-0.25, -0.2) is 0 Å². The Kier molecular flexibility index (Phi) is 5.07. The number of rotatable bonds is 2. The smallest absolute Gasteiger partial charge is 0.269 e. The molecule has 1 heterocycles. The molecule has 0 unspecified atom stereocenters. The molecule has 0 saturated heterocycles. The van der Waals surface area contributed by atoms with Gasteiger partial charge in [0.05, 0.1) is 0 Å². The molecule has 0 saturated carbocycles. The van der Waals surface area contributed by atoms with Crippen LogP contribution in [0.2, 0.25) is 0 Å². The number of carbonyl (C=O) groups is 3. The Hall–Kier alpha value is -2.63. The molecular formula is C18H23N3O3. The summed E-state index contributed by atoms with van der Waals surface area (Å²) in [4.78, 5) is 39.8. The summed E-state index contributed by atoms with van der Waals surface area (Å²) in [6.45, 7) is 7.63. The highest BCUT2D eigenvalue weighted by atomic mass is 16.2. The average molecular weight is 329 g/mol. The lowest BCUT2D eigenvalue weighted by molar-refractivity contribution is -0.131. The van der Waals surface area contributed by atoms with Gasteiger partial charge in [0.1, 0.15) is 5.70 Å². The minimum absolute atomic E-state index is 0.188. The van der Waals surface area contributed by atoms with Gasteiger partial charge in [0.25, 0.3) is 11.8 Å². The Labute approximate surface area is 142 Å². The van der Waals surface area contributed by atoms with E-state index in [0.717, 1.165) is 0 Å². The SMILES string of the molecule is CC(=O)N1CCN(C(=O)c2ccccc2)C=C1C(=O)NC(C)(C)C. The fourth-order valence-electron chi connectivity index (χ4n) is 2.43. The van der Waals surface area contributed by atoms with E-state index >= 15 is 0 Å². The van der Waals surface area contributed by atoms with E-state index in [1.165, 1.54) is 22.9 Å². The van der Waals surface area contributed by atoms with Crippen LogP contribution in [0.25, 0.3) is 0 Å². The number of hydrogen-bond donors (Lipinski definition) is 1. The van der Waals surface area contributed by atoms with Crippen molar-refractivity contribution in [2.45, 2.75) is 33.2 Å². The second kappa shape index (κ2) is 6.86. The maximum atomic E-state index is 12.6. The van der Waals surface area contributed by atoms with Gasteiger partial charge in [-0.1, -0.05) is 18.2 Å². The van der Waals surface area contributed by atoms with Crippen LogP contribution in [0.4, 0.5) is 0 Å². The van der Waals surface area contributed by atoms with Gasteiger partial charge >= 0.3 is 0 Å². The van der Waals surface area contributed by atoms with Gasteiger partial charge in [-0.3, -0.25) is 14.4 Å². The summed E-state index contributed by atoms with van der Waals surface area (Å²) < 4.78 is 0. The number of nitrogens with zero attached hydrogens (tertiary/aromatic N) is 2. The predicted molar refractivity (Wildman–Crippen MR) is 90.8 cm³/mol. The molecule has 1 aliphatic rings. The van der Waals surface area contributed by atoms with Crippen LogP contribution in [0.1, 0.15) is 38.1 Å². The number of amides is 3. The molecule has 6 heteroatoms.